The molecule has 1 saturated carbocycles. The van der Waals surface area contributed by atoms with Crippen LogP contribution in [0.3, 0.4) is 0 Å². The molecule has 1 fully saturated rings. The average molecular weight is 339 g/mol. The van der Waals surface area contributed by atoms with E-state index >= 15 is 0 Å². The minimum atomic E-state index is -0.855. The SMILES string of the molecule is CC(C)[C@@](C)(C#N)NC(=O)[C@H](C)Sc1nnc(NC2CC2)s1. The summed E-state index contributed by atoms with van der Waals surface area (Å²) >= 11 is 2.83. The molecule has 1 aliphatic carbocycles. The first-order chi connectivity index (χ1) is 10.3. The van der Waals surface area contributed by atoms with Crippen LogP contribution in [0.25, 0.3) is 0 Å². The molecule has 0 unspecified atom stereocenters. The van der Waals surface area contributed by atoms with Gasteiger partial charge >= 0.3 is 0 Å². The Morgan fingerprint density at radius 2 is 2.14 bits per heavy atom. The van der Waals surface area contributed by atoms with Gasteiger partial charge in [-0.1, -0.05) is 36.9 Å². The van der Waals surface area contributed by atoms with Gasteiger partial charge in [0.1, 0.15) is 5.54 Å². The molecule has 0 aliphatic heterocycles. The van der Waals surface area contributed by atoms with Gasteiger partial charge in [0.05, 0.1) is 11.3 Å². The van der Waals surface area contributed by atoms with Crippen molar-refractivity contribution >= 4 is 34.1 Å². The topological polar surface area (TPSA) is 90.7 Å². The van der Waals surface area contributed by atoms with Gasteiger partial charge < -0.3 is 10.6 Å². The third-order valence-corrected chi connectivity index (χ3v) is 5.77. The molecule has 1 aromatic heterocycles. The molecule has 120 valence electrons. The summed E-state index contributed by atoms with van der Waals surface area (Å²) in [6.45, 7) is 7.40. The van der Waals surface area contributed by atoms with Crippen LogP contribution in [-0.2, 0) is 4.79 Å². The molecular weight excluding hydrogens is 318 g/mol. The van der Waals surface area contributed by atoms with Crippen LogP contribution in [0.5, 0.6) is 0 Å². The highest BCUT2D eigenvalue weighted by Crippen LogP contribution is 2.32. The van der Waals surface area contributed by atoms with E-state index in [0.29, 0.717) is 6.04 Å². The molecule has 1 aliphatic rings. The number of hydrogen-bond donors (Lipinski definition) is 2. The third-order valence-electron chi connectivity index (χ3n) is 3.73. The predicted octanol–water partition coefficient (Wildman–Crippen LogP) is 2.65. The third kappa shape index (κ3) is 4.34. The first kappa shape index (κ1) is 17.0. The maximum absolute atomic E-state index is 12.3. The van der Waals surface area contributed by atoms with Crippen molar-refractivity contribution < 1.29 is 4.79 Å². The Kier molecular flexibility index (Phi) is 5.29. The standard InChI is InChI=1S/C14H21N5OS2/c1-8(2)14(4,7-15)17-11(20)9(3)21-13-19-18-12(22-13)16-10-5-6-10/h8-10H,5-6H2,1-4H3,(H,16,18)(H,17,20)/t9-,14+/m0/s1. The fraction of sp³-hybridized carbons (Fsp3) is 0.714. The van der Waals surface area contributed by atoms with Crippen LogP contribution in [0.15, 0.2) is 4.34 Å². The Morgan fingerprint density at radius 1 is 1.45 bits per heavy atom. The number of amides is 1. The average Bonchev–Trinajstić information content (AvgIpc) is 3.17. The fourth-order valence-corrected chi connectivity index (χ4v) is 3.55. The fourth-order valence-electron chi connectivity index (χ4n) is 1.58. The zero-order valence-electron chi connectivity index (χ0n) is 13.2. The first-order valence-electron chi connectivity index (χ1n) is 7.34. The number of carbonyl (C=O) groups excluding carboxylic acids is 1. The summed E-state index contributed by atoms with van der Waals surface area (Å²) < 4.78 is 0.758. The molecule has 0 saturated heterocycles. The molecule has 2 atom stereocenters. The first-order valence-corrected chi connectivity index (χ1v) is 9.03. The van der Waals surface area contributed by atoms with Gasteiger partial charge in [-0.25, -0.2) is 0 Å². The Balaban J connectivity index is 1.90. The lowest BCUT2D eigenvalue weighted by Crippen LogP contribution is -2.51. The maximum atomic E-state index is 12.3. The number of hydrogen-bond acceptors (Lipinski definition) is 7. The molecular formula is C14H21N5OS2. The van der Waals surface area contributed by atoms with E-state index in [0.717, 1.165) is 9.47 Å². The van der Waals surface area contributed by atoms with Crippen molar-refractivity contribution in [1.29, 1.82) is 5.26 Å². The van der Waals surface area contributed by atoms with E-state index in [9.17, 15) is 10.1 Å². The Morgan fingerprint density at radius 3 is 2.68 bits per heavy atom. The van der Waals surface area contributed by atoms with Crippen molar-refractivity contribution in [2.75, 3.05) is 5.32 Å². The second-order valence-electron chi connectivity index (χ2n) is 6.01. The second kappa shape index (κ2) is 6.84. The van der Waals surface area contributed by atoms with Crippen LogP contribution in [0.1, 0.15) is 40.5 Å². The number of nitrogens with zero attached hydrogens (tertiary/aromatic N) is 3. The molecule has 1 aromatic rings. The van der Waals surface area contributed by atoms with Crippen LogP contribution in [-0.4, -0.2) is 32.9 Å². The van der Waals surface area contributed by atoms with E-state index < -0.39 is 5.54 Å². The zero-order chi connectivity index (χ0) is 16.3. The number of rotatable bonds is 7. The number of nitrogens with one attached hydrogen (secondary N) is 2. The monoisotopic (exact) mass is 339 g/mol. The Hall–Kier alpha value is -1.33. The van der Waals surface area contributed by atoms with Gasteiger partial charge in [-0.05, 0) is 32.6 Å². The minimum absolute atomic E-state index is 0.0366. The molecule has 2 rings (SSSR count). The normalized spacial score (nSPS) is 18.4. The zero-order valence-corrected chi connectivity index (χ0v) is 14.8. The summed E-state index contributed by atoms with van der Waals surface area (Å²) in [5, 5.41) is 24.0. The van der Waals surface area contributed by atoms with Crippen molar-refractivity contribution in [2.45, 2.75) is 61.7 Å². The molecule has 22 heavy (non-hydrogen) atoms. The van der Waals surface area contributed by atoms with Crippen LogP contribution >= 0.6 is 23.1 Å². The summed E-state index contributed by atoms with van der Waals surface area (Å²) in [7, 11) is 0. The van der Waals surface area contributed by atoms with Crippen LogP contribution in [0.2, 0.25) is 0 Å². The molecule has 1 heterocycles. The quantitative estimate of drug-likeness (QED) is 0.742. The van der Waals surface area contributed by atoms with Gasteiger partial charge in [0.25, 0.3) is 0 Å². The van der Waals surface area contributed by atoms with E-state index in [-0.39, 0.29) is 17.1 Å². The molecule has 1 amide bonds. The number of thioether (sulfide) groups is 1. The number of nitriles is 1. The number of aromatic nitrogens is 2. The summed E-state index contributed by atoms with van der Waals surface area (Å²) in [6.07, 6.45) is 2.37. The predicted molar refractivity (Wildman–Crippen MR) is 88.9 cm³/mol. The van der Waals surface area contributed by atoms with Gasteiger partial charge in [-0.15, -0.1) is 10.2 Å². The number of carbonyl (C=O) groups is 1. The Labute approximate surface area is 139 Å². The highest BCUT2D eigenvalue weighted by molar-refractivity contribution is 8.02. The van der Waals surface area contributed by atoms with E-state index in [4.69, 9.17) is 0 Å². The van der Waals surface area contributed by atoms with Gasteiger partial charge in [-0.3, -0.25) is 4.79 Å². The summed E-state index contributed by atoms with van der Waals surface area (Å²) in [5.74, 6) is -0.121. The van der Waals surface area contributed by atoms with E-state index in [1.165, 1.54) is 35.9 Å². The molecule has 0 radical (unpaired) electrons. The summed E-state index contributed by atoms with van der Waals surface area (Å²) in [4.78, 5) is 12.3. The molecule has 0 bridgehead atoms. The van der Waals surface area contributed by atoms with Crippen LogP contribution in [0.4, 0.5) is 5.13 Å². The Bertz CT molecular complexity index is 578. The highest BCUT2D eigenvalue weighted by Gasteiger charge is 2.32. The molecule has 0 aromatic carbocycles. The molecule has 2 N–H and O–H groups in total. The lowest BCUT2D eigenvalue weighted by atomic mass is 9.90. The van der Waals surface area contributed by atoms with Crippen molar-refractivity contribution in [3.63, 3.8) is 0 Å². The van der Waals surface area contributed by atoms with Gasteiger partial charge in [0, 0.05) is 6.04 Å². The maximum Gasteiger partial charge on any atom is 0.234 e. The molecule has 0 spiro atoms. The van der Waals surface area contributed by atoms with Crippen LogP contribution < -0.4 is 10.6 Å². The van der Waals surface area contributed by atoms with E-state index in [1.807, 2.05) is 20.8 Å². The minimum Gasteiger partial charge on any atom is -0.357 e. The summed E-state index contributed by atoms with van der Waals surface area (Å²) in [6, 6.07) is 2.72. The second-order valence-corrected chi connectivity index (χ2v) is 8.58. The number of anilines is 1. The largest absolute Gasteiger partial charge is 0.357 e. The van der Waals surface area contributed by atoms with Crippen LogP contribution in [0, 0.1) is 17.2 Å². The van der Waals surface area contributed by atoms with E-state index in [2.05, 4.69) is 26.9 Å². The van der Waals surface area contributed by atoms with Crippen molar-refractivity contribution in [2.24, 2.45) is 5.92 Å². The van der Waals surface area contributed by atoms with Crippen molar-refractivity contribution in [3.05, 3.63) is 0 Å². The lowest BCUT2D eigenvalue weighted by molar-refractivity contribution is -0.121. The lowest BCUT2D eigenvalue weighted by Gasteiger charge is -2.28. The van der Waals surface area contributed by atoms with Gasteiger partial charge in [0.15, 0.2) is 4.34 Å². The van der Waals surface area contributed by atoms with E-state index in [1.54, 1.807) is 6.92 Å². The molecule has 6 nitrogen and oxygen atoms in total. The smallest absolute Gasteiger partial charge is 0.234 e. The summed E-state index contributed by atoms with van der Waals surface area (Å²) in [5.41, 5.74) is -0.855. The molecule has 8 heteroatoms. The van der Waals surface area contributed by atoms with Gasteiger partial charge in [-0.2, -0.15) is 5.26 Å². The van der Waals surface area contributed by atoms with Crippen molar-refractivity contribution in [3.8, 4) is 6.07 Å². The van der Waals surface area contributed by atoms with Gasteiger partial charge in [0.2, 0.25) is 11.0 Å². The van der Waals surface area contributed by atoms with Crippen molar-refractivity contribution in [1.82, 2.24) is 15.5 Å². The highest BCUT2D eigenvalue weighted by atomic mass is 32.2.